The normalized spacial score (nSPS) is 29.0. The first-order chi connectivity index (χ1) is 10.6. The van der Waals surface area contributed by atoms with Crippen molar-refractivity contribution in [2.75, 3.05) is 24.7 Å². The molecule has 2 atom stereocenters. The molecular weight excluding hydrogens is 344 g/mol. The van der Waals surface area contributed by atoms with E-state index in [1.54, 1.807) is 0 Å². The Bertz CT molecular complexity index is 584. The van der Waals surface area contributed by atoms with Gasteiger partial charge in [-0.15, -0.1) is 0 Å². The summed E-state index contributed by atoms with van der Waals surface area (Å²) in [6, 6.07) is 0. The first kappa shape index (κ1) is 18.7. The Morgan fingerprint density at radius 3 is 2.61 bits per heavy atom. The van der Waals surface area contributed by atoms with Crippen LogP contribution in [0.3, 0.4) is 0 Å². The van der Waals surface area contributed by atoms with E-state index in [1.165, 1.54) is 12.0 Å². The van der Waals surface area contributed by atoms with E-state index >= 15 is 0 Å². The number of fused-ring (bicyclic) bond motifs is 2. The Morgan fingerprint density at radius 2 is 2.09 bits per heavy atom. The summed E-state index contributed by atoms with van der Waals surface area (Å²) in [5.41, 5.74) is -0.341. The molecule has 2 unspecified atom stereocenters. The zero-order chi connectivity index (χ0) is 17.3. The summed E-state index contributed by atoms with van der Waals surface area (Å²) in [5, 5.41) is 0. The minimum atomic E-state index is -4.37. The molecule has 9 heteroatoms. The molecule has 2 saturated carbocycles. The molecule has 132 valence electrons. The minimum absolute atomic E-state index is 0.0115. The molecule has 2 fully saturated rings. The van der Waals surface area contributed by atoms with Gasteiger partial charge in [0, 0.05) is 17.6 Å². The van der Waals surface area contributed by atoms with Crippen molar-refractivity contribution < 1.29 is 31.5 Å². The molecule has 2 aliphatic carbocycles. The smallest absolute Gasteiger partial charge is 0.323 e. The van der Waals surface area contributed by atoms with Crippen LogP contribution in [0, 0.1) is 16.7 Å². The molecular formula is C14H22O7S2. The first-order valence-electron chi connectivity index (χ1n) is 7.47. The molecule has 0 saturated heterocycles. The zero-order valence-electron chi connectivity index (χ0n) is 13.2. The van der Waals surface area contributed by atoms with Crippen molar-refractivity contribution in [3.05, 3.63) is 0 Å². The van der Waals surface area contributed by atoms with Gasteiger partial charge in [0.25, 0.3) is 10.1 Å². The summed E-state index contributed by atoms with van der Waals surface area (Å²) in [6.45, 7) is 4.28. The van der Waals surface area contributed by atoms with E-state index in [9.17, 15) is 18.0 Å². The lowest BCUT2D eigenvalue weighted by Gasteiger charge is -2.35. The molecule has 2 rings (SSSR count). The van der Waals surface area contributed by atoms with Crippen LogP contribution in [0.5, 0.6) is 0 Å². The molecule has 2 aliphatic rings. The molecule has 0 aliphatic heterocycles. The van der Waals surface area contributed by atoms with Crippen LogP contribution in [-0.4, -0.2) is 49.4 Å². The maximum atomic E-state index is 12.3. The standard InChI is InChI=1S/C14H22O7S2/c1-13(2)10-3-4-14(13,11(15)7-10)9-22-21-6-5-20-12(16)8-23(17,18)19/h10H,3-9H2,1-2H3,(H,17,18,19). The molecule has 0 aromatic carbocycles. The van der Waals surface area contributed by atoms with Crippen molar-refractivity contribution in [2.45, 2.75) is 33.1 Å². The van der Waals surface area contributed by atoms with Crippen LogP contribution in [0.1, 0.15) is 33.1 Å². The monoisotopic (exact) mass is 366 g/mol. The highest BCUT2D eigenvalue weighted by molar-refractivity contribution is 7.94. The van der Waals surface area contributed by atoms with Crippen LogP contribution < -0.4 is 0 Å². The number of carbonyl (C=O) groups excluding carboxylic acids is 2. The van der Waals surface area contributed by atoms with Crippen molar-refractivity contribution in [3.8, 4) is 0 Å². The summed E-state index contributed by atoms with van der Waals surface area (Å²) in [7, 11) is -4.37. The average molecular weight is 366 g/mol. The molecule has 0 radical (unpaired) electrons. The van der Waals surface area contributed by atoms with Crippen LogP contribution in [-0.2, 0) is 28.6 Å². The van der Waals surface area contributed by atoms with Crippen LogP contribution in [0.2, 0.25) is 0 Å². The van der Waals surface area contributed by atoms with E-state index in [0.717, 1.165) is 12.8 Å². The van der Waals surface area contributed by atoms with E-state index in [-0.39, 0.29) is 24.0 Å². The second-order valence-corrected chi connectivity index (χ2v) is 8.91. The summed E-state index contributed by atoms with van der Waals surface area (Å²) in [6.07, 6.45) is 2.62. The largest absolute Gasteiger partial charge is 0.462 e. The third kappa shape index (κ3) is 3.89. The van der Waals surface area contributed by atoms with Gasteiger partial charge >= 0.3 is 5.97 Å². The van der Waals surface area contributed by atoms with Crippen molar-refractivity contribution in [3.63, 3.8) is 0 Å². The third-order valence-electron chi connectivity index (χ3n) is 5.26. The molecule has 0 aromatic rings. The Kier molecular flexibility index (Phi) is 5.44. The Labute approximate surface area is 140 Å². The van der Waals surface area contributed by atoms with E-state index in [4.69, 9.17) is 8.74 Å². The van der Waals surface area contributed by atoms with Gasteiger partial charge in [-0.2, -0.15) is 8.42 Å². The van der Waals surface area contributed by atoms with Gasteiger partial charge in [-0.05, 0) is 36.2 Å². The molecule has 7 nitrogen and oxygen atoms in total. The Hall–Kier alpha value is -0.640. The molecule has 0 aromatic heterocycles. The number of Topliss-reactive ketones (excluding diaryl/α,β-unsaturated/α-hetero) is 1. The number of ether oxygens (including phenoxy) is 1. The summed E-state index contributed by atoms with van der Waals surface area (Å²) < 4.78 is 39.4. The molecule has 0 amide bonds. The molecule has 2 bridgehead atoms. The fraction of sp³-hybridized carbons (Fsp3) is 0.857. The van der Waals surface area contributed by atoms with Crippen LogP contribution in [0.4, 0.5) is 0 Å². The highest BCUT2D eigenvalue weighted by atomic mass is 32.2. The van der Waals surface area contributed by atoms with E-state index in [1.807, 2.05) is 0 Å². The summed E-state index contributed by atoms with van der Waals surface area (Å²) in [5.74, 6) is -0.737. The fourth-order valence-corrected chi connectivity index (χ4v) is 5.22. The van der Waals surface area contributed by atoms with E-state index < -0.39 is 21.8 Å². The maximum Gasteiger partial charge on any atom is 0.323 e. The minimum Gasteiger partial charge on any atom is -0.462 e. The molecule has 23 heavy (non-hydrogen) atoms. The Morgan fingerprint density at radius 1 is 1.39 bits per heavy atom. The number of rotatable bonds is 8. The molecule has 0 heterocycles. The number of hydrogen-bond donors (Lipinski definition) is 1. The summed E-state index contributed by atoms with van der Waals surface area (Å²) >= 11 is 1.19. The second kappa shape index (κ2) is 6.70. The molecule has 0 spiro atoms. The number of ketones is 1. The lowest BCUT2D eigenvalue weighted by Crippen LogP contribution is -2.38. The lowest BCUT2D eigenvalue weighted by atomic mass is 9.70. The maximum absolute atomic E-state index is 12.3. The topological polar surface area (TPSA) is 107 Å². The highest BCUT2D eigenvalue weighted by Crippen LogP contribution is 2.64. The number of esters is 1. The van der Waals surface area contributed by atoms with E-state index in [0.29, 0.717) is 23.9 Å². The van der Waals surface area contributed by atoms with Gasteiger partial charge in [0.05, 0.1) is 6.61 Å². The van der Waals surface area contributed by atoms with Gasteiger partial charge < -0.3 is 8.92 Å². The zero-order valence-corrected chi connectivity index (χ0v) is 14.9. The van der Waals surface area contributed by atoms with Crippen molar-refractivity contribution in [2.24, 2.45) is 16.7 Å². The third-order valence-corrected chi connectivity index (χ3v) is 6.80. The van der Waals surface area contributed by atoms with Gasteiger partial charge in [-0.25, -0.2) is 0 Å². The van der Waals surface area contributed by atoms with Gasteiger partial charge in [0.1, 0.15) is 12.4 Å². The van der Waals surface area contributed by atoms with Crippen LogP contribution in [0.25, 0.3) is 0 Å². The lowest BCUT2D eigenvalue weighted by molar-refractivity contribution is -0.141. The van der Waals surface area contributed by atoms with Crippen molar-refractivity contribution in [1.29, 1.82) is 0 Å². The van der Waals surface area contributed by atoms with Gasteiger partial charge in [-0.1, -0.05) is 13.8 Å². The average Bonchev–Trinajstić information content (AvgIpc) is 2.75. The van der Waals surface area contributed by atoms with Crippen molar-refractivity contribution >= 4 is 33.9 Å². The SMILES string of the molecule is CC1(C)C2CCC1(CSOCCOC(=O)CS(=O)(=O)O)C(=O)C2. The van der Waals surface area contributed by atoms with Gasteiger partial charge in [-0.3, -0.25) is 14.1 Å². The fourth-order valence-electron chi connectivity index (χ4n) is 3.69. The van der Waals surface area contributed by atoms with Crippen molar-refractivity contribution in [1.82, 2.24) is 0 Å². The predicted octanol–water partition coefficient (Wildman–Crippen LogP) is 1.48. The van der Waals surface area contributed by atoms with E-state index in [2.05, 4.69) is 18.6 Å². The van der Waals surface area contributed by atoms with Crippen LogP contribution >= 0.6 is 12.0 Å². The van der Waals surface area contributed by atoms with Gasteiger partial charge in [0.15, 0.2) is 5.75 Å². The highest BCUT2D eigenvalue weighted by Gasteiger charge is 2.63. The number of carbonyl (C=O) groups is 2. The quantitative estimate of drug-likeness (QED) is 0.298. The Balaban J connectivity index is 1.68. The molecule has 1 N–H and O–H groups in total. The summed E-state index contributed by atoms with van der Waals surface area (Å²) in [4.78, 5) is 23.4. The van der Waals surface area contributed by atoms with Crippen LogP contribution in [0.15, 0.2) is 0 Å². The van der Waals surface area contributed by atoms with Gasteiger partial charge in [0.2, 0.25) is 0 Å². The first-order valence-corrected chi connectivity index (χ1v) is 9.99. The second-order valence-electron chi connectivity index (χ2n) is 6.70. The number of hydrogen-bond acceptors (Lipinski definition) is 7. The predicted molar refractivity (Wildman–Crippen MR) is 84.3 cm³/mol.